The number of piperidine rings is 1. The molecule has 2 heterocycles. The standard InChI is InChI=1S/C17H30N4/c1-14-12-21(13-15-8-10-20(2)11-9-15)17(18-14)19-16-6-4-3-5-7-16/h12,15-16H,3-11,13H2,1-2H3,(H,18,19). The lowest BCUT2D eigenvalue weighted by Gasteiger charge is -2.30. The lowest BCUT2D eigenvalue weighted by molar-refractivity contribution is 0.205. The molecule has 0 unspecified atom stereocenters. The van der Waals surface area contributed by atoms with E-state index in [1.54, 1.807) is 0 Å². The van der Waals surface area contributed by atoms with Crippen LogP contribution in [0.3, 0.4) is 0 Å². The molecule has 0 radical (unpaired) electrons. The highest BCUT2D eigenvalue weighted by molar-refractivity contribution is 5.30. The van der Waals surface area contributed by atoms with Crippen molar-refractivity contribution in [2.24, 2.45) is 5.92 Å². The smallest absolute Gasteiger partial charge is 0.203 e. The summed E-state index contributed by atoms with van der Waals surface area (Å²) in [6.07, 6.45) is 11.6. The zero-order chi connectivity index (χ0) is 14.7. The van der Waals surface area contributed by atoms with Gasteiger partial charge in [0.05, 0.1) is 5.69 Å². The summed E-state index contributed by atoms with van der Waals surface area (Å²) < 4.78 is 2.37. The molecule has 1 N–H and O–H groups in total. The average molecular weight is 290 g/mol. The first-order chi connectivity index (χ1) is 10.2. The Balaban J connectivity index is 1.61. The van der Waals surface area contributed by atoms with Crippen LogP contribution in [0.5, 0.6) is 0 Å². The van der Waals surface area contributed by atoms with E-state index in [4.69, 9.17) is 4.98 Å². The molecular formula is C17H30N4. The van der Waals surface area contributed by atoms with Gasteiger partial charge < -0.3 is 14.8 Å². The number of rotatable bonds is 4. The van der Waals surface area contributed by atoms with Crippen LogP contribution < -0.4 is 5.32 Å². The van der Waals surface area contributed by atoms with E-state index < -0.39 is 0 Å². The van der Waals surface area contributed by atoms with Crippen LogP contribution in [-0.2, 0) is 6.54 Å². The molecule has 1 aliphatic carbocycles. The second kappa shape index (κ2) is 6.82. The Hall–Kier alpha value is -1.03. The molecule has 3 rings (SSSR count). The number of nitrogens with one attached hydrogen (secondary N) is 1. The zero-order valence-corrected chi connectivity index (χ0v) is 13.6. The number of likely N-dealkylation sites (tertiary alicyclic amines) is 1. The minimum Gasteiger partial charge on any atom is -0.353 e. The van der Waals surface area contributed by atoms with Crippen LogP contribution in [0.25, 0.3) is 0 Å². The van der Waals surface area contributed by atoms with Gasteiger partial charge in [0.2, 0.25) is 5.95 Å². The molecule has 4 heteroatoms. The highest BCUT2D eigenvalue weighted by Crippen LogP contribution is 2.24. The third-order valence-corrected chi connectivity index (χ3v) is 5.13. The lowest BCUT2D eigenvalue weighted by atomic mass is 9.95. The first-order valence-corrected chi connectivity index (χ1v) is 8.69. The summed E-state index contributed by atoms with van der Waals surface area (Å²) in [5.74, 6) is 1.92. The first-order valence-electron chi connectivity index (χ1n) is 8.69. The molecule has 0 bridgehead atoms. The third kappa shape index (κ3) is 4.00. The highest BCUT2D eigenvalue weighted by atomic mass is 15.2. The van der Waals surface area contributed by atoms with E-state index in [1.165, 1.54) is 58.0 Å². The van der Waals surface area contributed by atoms with E-state index in [2.05, 4.69) is 35.0 Å². The van der Waals surface area contributed by atoms with Gasteiger partial charge in [-0.25, -0.2) is 4.98 Å². The van der Waals surface area contributed by atoms with E-state index in [0.717, 1.165) is 24.1 Å². The van der Waals surface area contributed by atoms with E-state index in [1.807, 2.05) is 0 Å². The number of aromatic nitrogens is 2. The van der Waals surface area contributed by atoms with Crippen molar-refractivity contribution < 1.29 is 0 Å². The number of imidazole rings is 1. The molecule has 0 spiro atoms. The molecule has 1 aliphatic heterocycles. The average Bonchev–Trinajstić information content (AvgIpc) is 2.82. The van der Waals surface area contributed by atoms with Gasteiger partial charge in [0, 0.05) is 18.8 Å². The summed E-state index contributed by atoms with van der Waals surface area (Å²) in [7, 11) is 2.23. The van der Waals surface area contributed by atoms with Crippen molar-refractivity contribution in [3.63, 3.8) is 0 Å². The zero-order valence-electron chi connectivity index (χ0n) is 13.6. The van der Waals surface area contributed by atoms with Crippen LogP contribution >= 0.6 is 0 Å². The molecule has 1 aromatic heterocycles. The van der Waals surface area contributed by atoms with Gasteiger partial charge in [-0.3, -0.25) is 0 Å². The number of nitrogens with zero attached hydrogens (tertiary/aromatic N) is 3. The van der Waals surface area contributed by atoms with E-state index >= 15 is 0 Å². The van der Waals surface area contributed by atoms with Crippen molar-refractivity contribution in [1.82, 2.24) is 14.5 Å². The number of aryl methyl sites for hydroxylation is 1. The van der Waals surface area contributed by atoms with Crippen LogP contribution in [-0.4, -0.2) is 40.6 Å². The SMILES string of the molecule is Cc1cn(CC2CCN(C)CC2)c(NC2CCCCC2)n1. The summed E-state index contributed by atoms with van der Waals surface area (Å²) in [5, 5.41) is 3.71. The molecule has 0 aromatic carbocycles. The van der Waals surface area contributed by atoms with Crippen molar-refractivity contribution in [2.75, 3.05) is 25.5 Å². The number of hydrogen-bond acceptors (Lipinski definition) is 3. The highest BCUT2D eigenvalue weighted by Gasteiger charge is 2.20. The van der Waals surface area contributed by atoms with Crippen LogP contribution in [0.1, 0.15) is 50.6 Å². The van der Waals surface area contributed by atoms with E-state index in [9.17, 15) is 0 Å². The second-order valence-corrected chi connectivity index (χ2v) is 7.08. The molecule has 118 valence electrons. The topological polar surface area (TPSA) is 33.1 Å². The summed E-state index contributed by atoms with van der Waals surface area (Å²) >= 11 is 0. The van der Waals surface area contributed by atoms with Crippen molar-refractivity contribution in [3.8, 4) is 0 Å². The Morgan fingerprint density at radius 3 is 2.57 bits per heavy atom. The molecule has 2 aliphatic rings. The minimum atomic E-state index is 0.636. The fourth-order valence-electron chi connectivity index (χ4n) is 3.75. The molecule has 1 aromatic rings. The van der Waals surface area contributed by atoms with E-state index in [-0.39, 0.29) is 0 Å². The maximum atomic E-state index is 4.73. The monoisotopic (exact) mass is 290 g/mol. The van der Waals surface area contributed by atoms with E-state index in [0.29, 0.717) is 6.04 Å². The summed E-state index contributed by atoms with van der Waals surface area (Å²) in [6, 6.07) is 0.636. The third-order valence-electron chi connectivity index (χ3n) is 5.13. The lowest BCUT2D eigenvalue weighted by Crippen LogP contribution is -2.32. The minimum absolute atomic E-state index is 0.636. The van der Waals surface area contributed by atoms with Gasteiger partial charge in [-0.1, -0.05) is 19.3 Å². The number of hydrogen-bond donors (Lipinski definition) is 1. The fraction of sp³-hybridized carbons (Fsp3) is 0.824. The van der Waals surface area contributed by atoms with Crippen LogP contribution in [0.15, 0.2) is 6.20 Å². The first kappa shape index (κ1) is 14.9. The number of anilines is 1. The molecule has 0 amide bonds. The van der Waals surface area contributed by atoms with Gasteiger partial charge in [-0.2, -0.15) is 0 Å². The predicted octanol–water partition coefficient (Wildman–Crippen LogP) is 3.28. The molecule has 1 saturated carbocycles. The van der Waals surface area contributed by atoms with Crippen LogP contribution in [0.2, 0.25) is 0 Å². The Morgan fingerprint density at radius 1 is 1.14 bits per heavy atom. The Labute approximate surface area is 128 Å². The van der Waals surface area contributed by atoms with Crippen molar-refractivity contribution >= 4 is 5.95 Å². The van der Waals surface area contributed by atoms with Gasteiger partial charge in [0.1, 0.15) is 0 Å². The summed E-state index contributed by atoms with van der Waals surface area (Å²) in [6.45, 7) is 5.72. The molecule has 21 heavy (non-hydrogen) atoms. The Morgan fingerprint density at radius 2 is 1.86 bits per heavy atom. The van der Waals surface area contributed by atoms with Gasteiger partial charge in [0.15, 0.2) is 0 Å². The maximum absolute atomic E-state index is 4.73. The molecule has 1 saturated heterocycles. The maximum Gasteiger partial charge on any atom is 0.203 e. The quantitative estimate of drug-likeness (QED) is 0.924. The van der Waals surface area contributed by atoms with Crippen molar-refractivity contribution in [1.29, 1.82) is 0 Å². The van der Waals surface area contributed by atoms with Crippen LogP contribution in [0, 0.1) is 12.8 Å². The Bertz CT molecular complexity index is 440. The fourth-order valence-corrected chi connectivity index (χ4v) is 3.75. The predicted molar refractivity (Wildman–Crippen MR) is 87.7 cm³/mol. The largest absolute Gasteiger partial charge is 0.353 e. The van der Waals surface area contributed by atoms with Crippen LogP contribution in [0.4, 0.5) is 5.95 Å². The molecular weight excluding hydrogens is 260 g/mol. The molecule has 0 atom stereocenters. The van der Waals surface area contributed by atoms with Gasteiger partial charge in [-0.05, 0) is 58.7 Å². The summed E-state index contributed by atoms with van der Waals surface area (Å²) in [4.78, 5) is 7.17. The van der Waals surface area contributed by atoms with Gasteiger partial charge in [0.25, 0.3) is 0 Å². The summed E-state index contributed by atoms with van der Waals surface area (Å²) in [5.41, 5.74) is 1.14. The normalized spacial score (nSPS) is 22.6. The van der Waals surface area contributed by atoms with Gasteiger partial charge >= 0.3 is 0 Å². The molecule has 2 fully saturated rings. The molecule has 4 nitrogen and oxygen atoms in total. The van der Waals surface area contributed by atoms with Crippen molar-refractivity contribution in [2.45, 2.75) is 64.5 Å². The van der Waals surface area contributed by atoms with Gasteiger partial charge in [-0.15, -0.1) is 0 Å². The second-order valence-electron chi connectivity index (χ2n) is 7.08. The van der Waals surface area contributed by atoms with Crippen molar-refractivity contribution in [3.05, 3.63) is 11.9 Å². The Kier molecular flexibility index (Phi) is 4.84.